The van der Waals surface area contributed by atoms with E-state index in [1.54, 1.807) is 19.1 Å². The van der Waals surface area contributed by atoms with E-state index in [1.807, 2.05) is 0 Å². The number of carbonyl (C=O) groups excluding carboxylic acids is 5. The van der Waals surface area contributed by atoms with Crippen molar-refractivity contribution in [2.24, 2.45) is 23.3 Å². The highest BCUT2D eigenvalue weighted by molar-refractivity contribution is 6.32. The summed E-state index contributed by atoms with van der Waals surface area (Å²) in [5, 5.41) is 6.53. The van der Waals surface area contributed by atoms with Gasteiger partial charge in [-0.15, -0.1) is 0 Å². The summed E-state index contributed by atoms with van der Waals surface area (Å²) in [5.74, 6) is -4.71. The average molecular weight is 496 g/mol. The first-order valence-electron chi connectivity index (χ1n) is 11.0. The lowest BCUT2D eigenvalue weighted by atomic mass is 9.76. The van der Waals surface area contributed by atoms with Gasteiger partial charge in [0.2, 0.25) is 29.5 Å². The maximum absolute atomic E-state index is 13.8. The van der Waals surface area contributed by atoms with Crippen LogP contribution in [0.1, 0.15) is 34.3 Å². The summed E-state index contributed by atoms with van der Waals surface area (Å²) in [5.41, 5.74) is 11.3. The van der Waals surface area contributed by atoms with E-state index < -0.39 is 53.0 Å². The number of hydrogen-bond donors (Lipinski definition) is 4. The molecule has 2 fully saturated rings. The largest absolute Gasteiger partial charge is 0.370 e. The van der Waals surface area contributed by atoms with Crippen LogP contribution >= 0.6 is 11.6 Å². The first-order chi connectivity index (χ1) is 16.6. The Bertz CT molecular complexity index is 1330. The number of imide groups is 1. The molecule has 11 heteroatoms. The molecule has 0 aliphatic carbocycles. The predicted octanol–water partition coefficient (Wildman–Crippen LogP) is 0.938. The van der Waals surface area contributed by atoms with Crippen molar-refractivity contribution in [3.05, 3.63) is 58.1 Å². The van der Waals surface area contributed by atoms with Gasteiger partial charge in [0.25, 0.3) is 0 Å². The number of rotatable bonds is 5. The molecule has 180 valence electrons. The lowest BCUT2D eigenvalue weighted by Crippen LogP contribution is -2.53. The minimum atomic E-state index is -1.52. The predicted molar refractivity (Wildman–Crippen MR) is 126 cm³/mol. The maximum Gasteiger partial charge on any atom is 0.250 e. The molecule has 0 bridgehead atoms. The fourth-order valence-electron chi connectivity index (χ4n) is 5.57. The minimum Gasteiger partial charge on any atom is -0.370 e. The van der Waals surface area contributed by atoms with E-state index >= 15 is 0 Å². The van der Waals surface area contributed by atoms with E-state index in [0.717, 1.165) is 4.90 Å². The summed E-state index contributed by atoms with van der Waals surface area (Å²) >= 11 is 6.26. The number of fused-ring (bicyclic) bond motifs is 4. The van der Waals surface area contributed by atoms with Crippen LogP contribution in [0.15, 0.2) is 36.4 Å². The number of hydrogen-bond acceptors (Lipinski definition) is 6. The van der Waals surface area contributed by atoms with Crippen molar-refractivity contribution < 1.29 is 24.0 Å². The van der Waals surface area contributed by atoms with Crippen LogP contribution in [0.25, 0.3) is 0 Å². The molecule has 3 aliphatic heterocycles. The summed E-state index contributed by atoms with van der Waals surface area (Å²) in [6, 6.07) is 8.43. The van der Waals surface area contributed by atoms with Gasteiger partial charge in [-0.2, -0.15) is 0 Å². The van der Waals surface area contributed by atoms with Gasteiger partial charge in [-0.05, 0) is 49.2 Å². The zero-order valence-corrected chi connectivity index (χ0v) is 19.4. The first kappa shape index (κ1) is 23.0. The Balaban J connectivity index is 1.63. The number of primary amides is 2. The van der Waals surface area contributed by atoms with Gasteiger partial charge < -0.3 is 16.8 Å². The first-order valence-corrected chi connectivity index (χ1v) is 11.4. The summed E-state index contributed by atoms with van der Waals surface area (Å²) in [6.07, 6.45) is 0.140. The van der Waals surface area contributed by atoms with Crippen LogP contribution < -0.4 is 27.0 Å². The van der Waals surface area contributed by atoms with Crippen LogP contribution in [-0.2, 0) is 24.7 Å². The van der Waals surface area contributed by atoms with Gasteiger partial charge in [-0.1, -0.05) is 17.7 Å². The number of anilines is 2. The Kier molecular flexibility index (Phi) is 5.19. The molecule has 2 aromatic carbocycles. The molecular weight excluding hydrogens is 474 g/mol. The SMILES string of the molecule is Cc1c(Cl)ccc2c1NC(=O)[C@@]21N[C@H](CCC(N)=O)[C@H]2C(=O)N(c3ccc(C(N)=O)cc3)C(=O)[C@H]21. The monoisotopic (exact) mass is 495 g/mol. The van der Waals surface area contributed by atoms with Crippen LogP contribution in [-0.4, -0.2) is 35.6 Å². The lowest BCUT2D eigenvalue weighted by molar-refractivity contribution is -0.130. The van der Waals surface area contributed by atoms with Gasteiger partial charge in [-0.25, -0.2) is 4.90 Å². The summed E-state index contributed by atoms with van der Waals surface area (Å²) in [6.45, 7) is 1.76. The third-order valence-corrected chi connectivity index (χ3v) is 7.61. The van der Waals surface area contributed by atoms with Crippen molar-refractivity contribution in [2.75, 3.05) is 10.2 Å². The Hall–Kier alpha value is -3.76. The second-order valence-electron chi connectivity index (χ2n) is 9.04. The van der Waals surface area contributed by atoms with E-state index in [4.69, 9.17) is 23.1 Å². The summed E-state index contributed by atoms with van der Waals surface area (Å²) in [7, 11) is 0. The van der Waals surface area contributed by atoms with Crippen LogP contribution in [0.3, 0.4) is 0 Å². The third kappa shape index (κ3) is 3.17. The molecule has 5 rings (SSSR count). The van der Waals surface area contributed by atoms with Crippen LogP contribution in [0.4, 0.5) is 11.4 Å². The lowest BCUT2D eigenvalue weighted by Gasteiger charge is -2.29. The highest BCUT2D eigenvalue weighted by Gasteiger charge is 2.70. The molecule has 6 N–H and O–H groups in total. The minimum absolute atomic E-state index is 0.0279. The standard InChI is InChI=1S/C24H22ClN5O5/c1-10-14(25)7-6-13-19(10)28-23(35)24(13)18-17(15(29-24)8-9-16(26)31)21(33)30(22(18)34)12-4-2-11(3-5-12)20(27)32/h2-7,15,17-18,29H,8-9H2,1H3,(H2,26,31)(H2,27,32)(H,28,35)/t15-,17-,18+,24-/m1/s1. The van der Waals surface area contributed by atoms with Gasteiger partial charge in [0.05, 0.1) is 23.2 Å². The van der Waals surface area contributed by atoms with E-state index in [2.05, 4.69) is 10.6 Å². The topological polar surface area (TPSA) is 165 Å². The van der Waals surface area contributed by atoms with Crippen molar-refractivity contribution >= 4 is 52.5 Å². The van der Waals surface area contributed by atoms with E-state index in [-0.39, 0.29) is 24.1 Å². The second-order valence-corrected chi connectivity index (χ2v) is 9.45. The fourth-order valence-corrected chi connectivity index (χ4v) is 5.72. The van der Waals surface area contributed by atoms with Crippen molar-refractivity contribution in [1.29, 1.82) is 0 Å². The molecule has 3 aliphatic rings. The van der Waals surface area contributed by atoms with Gasteiger partial charge in [-0.3, -0.25) is 29.3 Å². The van der Waals surface area contributed by atoms with Gasteiger partial charge >= 0.3 is 0 Å². The van der Waals surface area contributed by atoms with Crippen LogP contribution in [0.2, 0.25) is 5.02 Å². The molecule has 0 unspecified atom stereocenters. The van der Waals surface area contributed by atoms with Gasteiger partial charge in [0, 0.05) is 28.6 Å². The van der Waals surface area contributed by atoms with Crippen molar-refractivity contribution in [1.82, 2.24) is 5.32 Å². The molecule has 4 atom stereocenters. The number of benzene rings is 2. The second kappa shape index (κ2) is 7.89. The van der Waals surface area contributed by atoms with Crippen LogP contribution in [0.5, 0.6) is 0 Å². The number of carbonyl (C=O) groups is 5. The zero-order chi connectivity index (χ0) is 25.2. The molecule has 2 aromatic rings. The molecule has 5 amide bonds. The number of nitrogens with two attached hydrogens (primary N) is 2. The molecular formula is C24H22ClN5O5. The molecule has 1 spiro atoms. The quantitative estimate of drug-likeness (QED) is 0.450. The summed E-state index contributed by atoms with van der Waals surface area (Å²) in [4.78, 5) is 65.0. The molecule has 0 radical (unpaired) electrons. The van der Waals surface area contributed by atoms with E-state index in [1.165, 1.54) is 24.3 Å². The van der Waals surface area contributed by atoms with E-state index in [9.17, 15) is 24.0 Å². The Labute approximate surface area is 205 Å². The highest BCUT2D eigenvalue weighted by atomic mass is 35.5. The Morgan fingerprint density at radius 3 is 2.37 bits per heavy atom. The molecule has 10 nitrogen and oxygen atoms in total. The third-order valence-electron chi connectivity index (χ3n) is 7.20. The van der Waals surface area contributed by atoms with Gasteiger partial charge in [0.15, 0.2) is 0 Å². The molecule has 2 saturated heterocycles. The van der Waals surface area contributed by atoms with Crippen LogP contribution in [0, 0.1) is 18.8 Å². The normalized spacial score (nSPS) is 26.7. The molecule has 3 heterocycles. The molecule has 0 aromatic heterocycles. The smallest absolute Gasteiger partial charge is 0.250 e. The highest BCUT2D eigenvalue weighted by Crippen LogP contribution is 2.55. The fraction of sp³-hybridized carbons (Fsp3) is 0.292. The molecule has 0 saturated carbocycles. The van der Waals surface area contributed by atoms with Crippen molar-refractivity contribution in [2.45, 2.75) is 31.3 Å². The zero-order valence-electron chi connectivity index (χ0n) is 18.6. The van der Waals surface area contributed by atoms with Gasteiger partial charge in [0.1, 0.15) is 5.54 Å². The number of amides is 5. The Morgan fingerprint density at radius 1 is 1.06 bits per heavy atom. The number of halogens is 1. The summed E-state index contributed by atoms with van der Waals surface area (Å²) < 4.78 is 0. The number of nitrogens with one attached hydrogen (secondary N) is 2. The van der Waals surface area contributed by atoms with E-state index in [0.29, 0.717) is 21.8 Å². The van der Waals surface area contributed by atoms with Crippen molar-refractivity contribution in [3.8, 4) is 0 Å². The Morgan fingerprint density at radius 2 is 1.74 bits per heavy atom. The average Bonchev–Trinajstić information content (AvgIpc) is 3.40. The maximum atomic E-state index is 13.8. The molecule has 35 heavy (non-hydrogen) atoms. The number of nitrogens with zero attached hydrogens (tertiary/aromatic N) is 1. The van der Waals surface area contributed by atoms with Crippen molar-refractivity contribution in [3.63, 3.8) is 0 Å².